The molecule has 1 fully saturated rings. The molecule has 3 aromatic rings. The Morgan fingerprint density at radius 2 is 1.83 bits per heavy atom. The largest absolute Gasteiger partial charge is 0.356 e. The van der Waals surface area contributed by atoms with Crippen molar-refractivity contribution in [2.24, 2.45) is 0 Å². The standard InChI is InChI=1S/C24H24ClN3O2/c25-19-9-3-1-8-18(19)24-23-17(16-7-2-4-10-20(16)26-23)12-14-28(24)22(30)15-27-13-6-5-11-21(27)29/h1-4,7-10,24,26H,5-6,11-15H2. The Morgan fingerprint density at radius 3 is 2.67 bits per heavy atom. The number of hydrogen-bond acceptors (Lipinski definition) is 2. The summed E-state index contributed by atoms with van der Waals surface area (Å²) in [6.45, 7) is 1.40. The lowest BCUT2D eigenvalue weighted by Gasteiger charge is -2.38. The quantitative estimate of drug-likeness (QED) is 0.685. The molecule has 2 aliphatic rings. The normalized spacial score (nSPS) is 19.2. The topological polar surface area (TPSA) is 56.4 Å². The first-order valence-electron chi connectivity index (χ1n) is 10.5. The number of aromatic nitrogens is 1. The molecule has 0 spiro atoms. The van der Waals surface area contributed by atoms with Crippen molar-refractivity contribution in [3.63, 3.8) is 0 Å². The maximum Gasteiger partial charge on any atom is 0.243 e. The minimum Gasteiger partial charge on any atom is -0.356 e. The molecule has 1 atom stereocenters. The first-order chi connectivity index (χ1) is 14.6. The summed E-state index contributed by atoms with van der Waals surface area (Å²) in [5, 5.41) is 1.84. The number of halogens is 1. The number of piperidine rings is 1. The number of H-pyrrole nitrogens is 1. The molecule has 2 aromatic carbocycles. The van der Waals surface area contributed by atoms with Crippen LogP contribution in [0.25, 0.3) is 10.9 Å². The maximum atomic E-state index is 13.4. The predicted octanol–water partition coefficient (Wildman–Crippen LogP) is 4.31. The van der Waals surface area contributed by atoms with Crippen LogP contribution in [0.5, 0.6) is 0 Å². The zero-order valence-electron chi connectivity index (χ0n) is 16.7. The molecule has 5 nitrogen and oxygen atoms in total. The van der Waals surface area contributed by atoms with Crippen molar-refractivity contribution < 1.29 is 9.59 Å². The molecule has 0 aliphatic carbocycles. The molecular formula is C24H24ClN3O2. The molecule has 30 heavy (non-hydrogen) atoms. The van der Waals surface area contributed by atoms with Gasteiger partial charge in [0, 0.05) is 41.1 Å². The van der Waals surface area contributed by atoms with Crippen LogP contribution in [0, 0.1) is 0 Å². The Kier molecular flexibility index (Phi) is 4.99. The van der Waals surface area contributed by atoms with Crippen LogP contribution in [0.3, 0.4) is 0 Å². The van der Waals surface area contributed by atoms with Gasteiger partial charge < -0.3 is 14.8 Å². The van der Waals surface area contributed by atoms with E-state index in [9.17, 15) is 9.59 Å². The van der Waals surface area contributed by atoms with Crippen molar-refractivity contribution in [2.45, 2.75) is 31.7 Å². The van der Waals surface area contributed by atoms with Crippen LogP contribution < -0.4 is 0 Å². The molecule has 1 saturated heterocycles. The zero-order valence-corrected chi connectivity index (χ0v) is 17.5. The van der Waals surface area contributed by atoms with Crippen molar-refractivity contribution in [3.05, 3.63) is 70.4 Å². The Morgan fingerprint density at radius 1 is 1.03 bits per heavy atom. The number of rotatable bonds is 3. The highest BCUT2D eigenvalue weighted by atomic mass is 35.5. The SMILES string of the molecule is O=C1CCCCN1CC(=O)N1CCc2c([nH]c3ccccc23)C1c1ccccc1Cl. The molecule has 5 rings (SSSR count). The summed E-state index contributed by atoms with van der Waals surface area (Å²) in [5.41, 5.74) is 4.24. The molecule has 2 amide bonds. The number of carbonyl (C=O) groups is 2. The van der Waals surface area contributed by atoms with E-state index in [1.165, 1.54) is 10.9 Å². The zero-order chi connectivity index (χ0) is 20.7. The molecule has 154 valence electrons. The van der Waals surface area contributed by atoms with Gasteiger partial charge in [0.05, 0.1) is 12.6 Å². The lowest BCUT2D eigenvalue weighted by molar-refractivity contribution is -0.143. The summed E-state index contributed by atoms with van der Waals surface area (Å²) in [6, 6.07) is 15.7. The van der Waals surface area contributed by atoms with Crippen LogP contribution in [0.15, 0.2) is 48.5 Å². The second kappa shape index (κ2) is 7.80. The van der Waals surface area contributed by atoms with Gasteiger partial charge in [-0.2, -0.15) is 0 Å². The van der Waals surface area contributed by atoms with E-state index in [1.807, 2.05) is 41.3 Å². The van der Waals surface area contributed by atoms with Gasteiger partial charge in [-0.05, 0) is 42.5 Å². The van der Waals surface area contributed by atoms with Crippen LogP contribution in [0.1, 0.15) is 42.1 Å². The number of para-hydroxylation sites is 1. The highest BCUT2D eigenvalue weighted by Gasteiger charge is 2.36. The average Bonchev–Trinajstić information content (AvgIpc) is 3.14. The van der Waals surface area contributed by atoms with Crippen molar-refractivity contribution in [1.29, 1.82) is 0 Å². The molecule has 3 heterocycles. The van der Waals surface area contributed by atoms with Crippen molar-refractivity contribution in [1.82, 2.24) is 14.8 Å². The van der Waals surface area contributed by atoms with Crippen LogP contribution in [0.4, 0.5) is 0 Å². The third-order valence-corrected chi connectivity index (χ3v) is 6.65. The van der Waals surface area contributed by atoms with Gasteiger partial charge in [-0.3, -0.25) is 9.59 Å². The molecule has 6 heteroatoms. The van der Waals surface area contributed by atoms with Gasteiger partial charge in [0.2, 0.25) is 11.8 Å². The number of fused-ring (bicyclic) bond motifs is 3. The molecule has 0 bridgehead atoms. The Hall–Kier alpha value is -2.79. The Bertz CT molecular complexity index is 1120. The van der Waals surface area contributed by atoms with E-state index in [2.05, 4.69) is 17.1 Å². The van der Waals surface area contributed by atoms with Crippen LogP contribution in [-0.2, 0) is 16.0 Å². The van der Waals surface area contributed by atoms with E-state index in [0.717, 1.165) is 36.0 Å². The van der Waals surface area contributed by atoms with Gasteiger partial charge in [0.15, 0.2) is 0 Å². The summed E-state index contributed by atoms with van der Waals surface area (Å²) in [7, 11) is 0. The number of aromatic amines is 1. The number of benzene rings is 2. The van der Waals surface area contributed by atoms with Crippen molar-refractivity contribution in [3.8, 4) is 0 Å². The number of amides is 2. The van der Waals surface area contributed by atoms with Crippen molar-refractivity contribution >= 4 is 34.3 Å². The maximum absolute atomic E-state index is 13.4. The lowest BCUT2D eigenvalue weighted by atomic mass is 9.92. The molecule has 0 radical (unpaired) electrons. The van der Waals surface area contributed by atoms with Crippen molar-refractivity contribution in [2.75, 3.05) is 19.6 Å². The van der Waals surface area contributed by atoms with Gasteiger partial charge in [-0.15, -0.1) is 0 Å². The smallest absolute Gasteiger partial charge is 0.243 e. The average molecular weight is 422 g/mol. The number of nitrogens with one attached hydrogen (secondary N) is 1. The summed E-state index contributed by atoms with van der Waals surface area (Å²) >= 11 is 6.59. The van der Waals surface area contributed by atoms with E-state index in [4.69, 9.17) is 11.6 Å². The third-order valence-electron chi connectivity index (χ3n) is 6.30. The second-order valence-electron chi connectivity index (χ2n) is 8.10. The summed E-state index contributed by atoms with van der Waals surface area (Å²) in [6.07, 6.45) is 3.18. The van der Waals surface area contributed by atoms with Gasteiger partial charge in [-0.1, -0.05) is 48.0 Å². The predicted molar refractivity (Wildman–Crippen MR) is 117 cm³/mol. The first kappa shape index (κ1) is 19.2. The van der Waals surface area contributed by atoms with Crippen LogP contribution in [-0.4, -0.2) is 46.2 Å². The summed E-state index contributed by atoms with van der Waals surface area (Å²) < 4.78 is 0. The third kappa shape index (κ3) is 3.27. The fraction of sp³-hybridized carbons (Fsp3) is 0.333. The van der Waals surface area contributed by atoms with E-state index < -0.39 is 0 Å². The molecule has 1 N–H and O–H groups in total. The minimum absolute atomic E-state index is 0.0283. The van der Waals surface area contributed by atoms with E-state index in [0.29, 0.717) is 24.5 Å². The lowest BCUT2D eigenvalue weighted by Crippen LogP contribution is -2.48. The Labute approximate surface area is 180 Å². The monoisotopic (exact) mass is 421 g/mol. The van der Waals surface area contributed by atoms with E-state index in [1.54, 1.807) is 4.90 Å². The molecule has 1 unspecified atom stereocenters. The highest BCUT2D eigenvalue weighted by molar-refractivity contribution is 6.31. The summed E-state index contributed by atoms with van der Waals surface area (Å²) in [5.74, 6) is 0.0479. The fourth-order valence-corrected chi connectivity index (χ4v) is 5.05. The number of nitrogens with zero attached hydrogens (tertiary/aromatic N) is 2. The van der Waals surface area contributed by atoms with Gasteiger partial charge in [-0.25, -0.2) is 0 Å². The van der Waals surface area contributed by atoms with Gasteiger partial charge >= 0.3 is 0 Å². The molecule has 2 aliphatic heterocycles. The van der Waals surface area contributed by atoms with E-state index >= 15 is 0 Å². The second-order valence-corrected chi connectivity index (χ2v) is 8.50. The summed E-state index contributed by atoms with van der Waals surface area (Å²) in [4.78, 5) is 32.8. The van der Waals surface area contributed by atoms with Gasteiger partial charge in [0.1, 0.15) is 0 Å². The molecule has 1 aromatic heterocycles. The fourth-order valence-electron chi connectivity index (χ4n) is 4.81. The molecule has 0 saturated carbocycles. The Balaban J connectivity index is 1.56. The number of hydrogen-bond donors (Lipinski definition) is 1. The van der Waals surface area contributed by atoms with Crippen LogP contribution in [0.2, 0.25) is 5.02 Å². The number of likely N-dealkylation sites (tertiary alicyclic amines) is 1. The van der Waals surface area contributed by atoms with E-state index in [-0.39, 0.29) is 24.4 Å². The van der Waals surface area contributed by atoms with Crippen LogP contribution >= 0.6 is 11.6 Å². The first-order valence-corrected chi connectivity index (χ1v) is 10.9. The highest BCUT2D eigenvalue weighted by Crippen LogP contribution is 2.40. The number of carbonyl (C=O) groups excluding carboxylic acids is 2. The minimum atomic E-state index is -0.290. The molecular weight excluding hydrogens is 398 g/mol. The van der Waals surface area contributed by atoms with Gasteiger partial charge in [0.25, 0.3) is 0 Å².